The van der Waals surface area contributed by atoms with Crippen LogP contribution in [0.25, 0.3) is 0 Å². The first-order valence-corrected chi connectivity index (χ1v) is 6.66. The molecule has 1 saturated carbocycles. The van der Waals surface area contributed by atoms with Gasteiger partial charge in [0.05, 0.1) is 12.1 Å². The van der Waals surface area contributed by atoms with Crippen molar-refractivity contribution in [1.82, 2.24) is 15.1 Å². The Morgan fingerprint density at radius 2 is 2.05 bits per heavy atom. The molecule has 1 N–H and O–H groups in total. The second-order valence-electron chi connectivity index (χ2n) is 5.31. The van der Waals surface area contributed by atoms with E-state index in [-0.39, 0.29) is 12.5 Å². The van der Waals surface area contributed by atoms with Gasteiger partial charge in [-0.15, -0.1) is 0 Å². The number of hydrogen-bond acceptors (Lipinski definition) is 2. The van der Waals surface area contributed by atoms with Gasteiger partial charge in [0.1, 0.15) is 0 Å². The molecule has 3 atom stereocenters. The number of nitrogens with one attached hydrogen (secondary N) is 1. The van der Waals surface area contributed by atoms with E-state index in [1.807, 2.05) is 0 Å². The van der Waals surface area contributed by atoms with Crippen molar-refractivity contribution in [2.24, 2.45) is 18.9 Å². The van der Waals surface area contributed by atoms with Crippen LogP contribution in [0.15, 0.2) is 12.4 Å². The third-order valence-electron chi connectivity index (χ3n) is 4.06. The lowest BCUT2D eigenvalue weighted by Gasteiger charge is -2.37. The summed E-state index contributed by atoms with van der Waals surface area (Å²) in [5.74, 6) is -1.61. The van der Waals surface area contributed by atoms with Crippen molar-refractivity contribution in [1.29, 1.82) is 0 Å². The lowest BCUT2D eigenvalue weighted by molar-refractivity contribution is -0.199. The van der Waals surface area contributed by atoms with E-state index in [4.69, 9.17) is 0 Å². The van der Waals surface area contributed by atoms with E-state index >= 15 is 0 Å². The summed E-state index contributed by atoms with van der Waals surface area (Å²) in [5, 5.41) is 7.11. The molecule has 108 valence electrons. The predicted molar refractivity (Wildman–Crippen MR) is 66.5 cm³/mol. The molecule has 1 aliphatic carbocycles. The zero-order valence-electron chi connectivity index (χ0n) is 11.2. The zero-order chi connectivity index (χ0) is 14.0. The van der Waals surface area contributed by atoms with Crippen molar-refractivity contribution < 1.29 is 13.2 Å². The smallest absolute Gasteiger partial charge is 0.313 e. The SMILES string of the molecule is CNC(c1cnn(C)c1)C1CCCCC1C(F)(F)F. The maximum absolute atomic E-state index is 13.2. The van der Waals surface area contributed by atoms with Crippen molar-refractivity contribution in [3.63, 3.8) is 0 Å². The molecule has 3 unspecified atom stereocenters. The highest BCUT2D eigenvalue weighted by Crippen LogP contribution is 2.46. The van der Waals surface area contributed by atoms with Gasteiger partial charge in [-0.3, -0.25) is 4.68 Å². The van der Waals surface area contributed by atoms with Gasteiger partial charge < -0.3 is 5.32 Å². The average Bonchev–Trinajstić information content (AvgIpc) is 2.76. The minimum Gasteiger partial charge on any atom is -0.313 e. The molecule has 1 aliphatic rings. The van der Waals surface area contributed by atoms with Crippen LogP contribution in [0, 0.1) is 11.8 Å². The van der Waals surface area contributed by atoms with Crippen LogP contribution in [0.2, 0.25) is 0 Å². The average molecular weight is 275 g/mol. The Labute approximate surface area is 111 Å². The highest BCUT2D eigenvalue weighted by Gasteiger charge is 2.47. The van der Waals surface area contributed by atoms with Crippen LogP contribution >= 0.6 is 0 Å². The predicted octanol–water partition coefficient (Wildman–Crippen LogP) is 3.05. The van der Waals surface area contributed by atoms with Gasteiger partial charge in [-0.2, -0.15) is 18.3 Å². The summed E-state index contributed by atoms with van der Waals surface area (Å²) in [5.41, 5.74) is 0.839. The summed E-state index contributed by atoms with van der Waals surface area (Å²) >= 11 is 0. The van der Waals surface area contributed by atoms with E-state index in [2.05, 4.69) is 10.4 Å². The second kappa shape index (κ2) is 5.53. The van der Waals surface area contributed by atoms with E-state index in [1.165, 1.54) is 0 Å². The van der Waals surface area contributed by atoms with E-state index in [0.29, 0.717) is 12.8 Å². The molecule has 0 spiro atoms. The maximum Gasteiger partial charge on any atom is 0.392 e. The molecule has 3 nitrogen and oxygen atoms in total. The molecular formula is C13H20F3N3. The van der Waals surface area contributed by atoms with Gasteiger partial charge in [0.2, 0.25) is 0 Å². The van der Waals surface area contributed by atoms with Crippen molar-refractivity contribution in [2.75, 3.05) is 7.05 Å². The van der Waals surface area contributed by atoms with E-state index in [9.17, 15) is 13.2 Å². The number of rotatable bonds is 3. The Morgan fingerprint density at radius 3 is 2.58 bits per heavy atom. The molecule has 0 aliphatic heterocycles. The molecule has 0 radical (unpaired) electrons. The second-order valence-corrected chi connectivity index (χ2v) is 5.31. The molecule has 0 aromatic carbocycles. The summed E-state index contributed by atoms with van der Waals surface area (Å²) in [4.78, 5) is 0. The molecule has 6 heteroatoms. The van der Waals surface area contributed by atoms with Crippen LogP contribution in [0.1, 0.15) is 37.3 Å². The Kier molecular flexibility index (Phi) is 4.18. The first kappa shape index (κ1) is 14.4. The Bertz CT molecular complexity index is 414. The van der Waals surface area contributed by atoms with Gasteiger partial charge in [0.15, 0.2) is 0 Å². The summed E-state index contributed by atoms with van der Waals surface area (Å²) in [6.07, 6.45) is 1.74. The number of aryl methyl sites for hydroxylation is 1. The minimum absolute atomic E-state index is 0.243. The van der Waals surface area contributed by atoms with Gasteiger partial charge >= 0.3 is 6.18 Å². The molecule has 19 heavy (non-hydrogen) atoms. The third kappa shape index (κ3) is 3.11. The summed E-state index contributed by atoms with van der Waals surface area (Å²) in [6, 6.07) is -0.277. The van der Waals surface area contributed by atoms with Gasteiger partial charge in [-0.25, -0.2) is 0 Å². The van der Waals surface area contributed by atoms with Crippen LogP contribution in [0.4, 0.5) is 13.2 Å². The molecule has 1 aromatic heterocycles. The van der Waals surface area contributed by atoms with Crippen LogP contribution in [-0.4, -0.2) is 23.0 Å². The lowest BCUT2D eigenvalue weighted by Crippen LogP contribution is -2.39. The van der Waals surface area contributed by atoms with Gasteiger partial charge in [-0.1, -0.05) is 12.8 Å². The molecule has 1 aromatic rings. The highest BCUT2D eigenvalue weighted by molar-refractivity contribution is 5.13. The maximum atomic E-state index is 13.2. The summed E-state index contributed by atoms with van der Waals surface area (Å²) in [6.45, 7) is 0. The van der Waals surface area contributed by atoms with Crippen LogP contribution in [0.5, 0.6) is 0 Å². The molecule has 1 heterocycles. The minimum atomic E-state index is -4.11. The first-order chi connectivity index (χ1) is 8.93. The molecule has 1 fully saturated rings. The normalized spacial score (nSPS) is 26.4. The third-order valence-corrected chi connectivity index (χ3v) is 4.06. The van der Waals surface area contributed by atoms with Crippen molar-refractivity contribution >= 4 is 0 Å². The fraction of sp³-hybridized carbons (Fsp3) is 0.769. The molecule has 2 rings (SSSR count). The molecule has 0 saturated heterocycles. The van der Waals surface area contributed by atoms with E-state index < -0.39 is 18.0 Å². The van der Waals surface area contributed by atoms with Crippen LogP contribution in [0.3, 0.4) is 0 Å². The fourth-order valence-electron chi connectivity index (χ4n) is 3.19. The Balaban J connectivity index is 2.24. The number of nitrogens with zero attached hydrogens (tertiary/aromatic N) is 2. The quantitative estimate of drug-likeness (QED) is 0.919. The molecular weight excluding hydrogens is 255 g/mol. The fourth-order valence-corrected chi connectivity index (χ4v) is 3.19. The molecule has 0 bridgehead atoms. The summed E-state index contributed by atoms with van der Waals surface area (Å²) < 4.78 is 41.1. The molecule has 0 amide bonds. The Morgan fingerprint density at radius 1 is 1.37 bits per heavy atom. The van der Waals surface area contributed by atoms with Crippen molar-refractivity contribution in [3.05, 3.63) is 18.0 Å². The van der Waals surface area contributed by atoms with Gasteiger partial charge in [-0.05, 0) is 25.8 Å². The Hall–Kier alpha value is -1.04. The van der Waals surface area contributed by atoms with Crippen molar-refractivity contribution in [2.45, 2.75) is 37.9 Å². The summed E-state index contributed by atoms with van der Waals surface area (Å²) in [7, 11) is 3.50. The first-order valence-electron chi connectivity index (χ1n) is 6.66. The van der Waals surface area contributed by atoms with E-state index in [0.717, 1.165) is 12.0 Å². The van der Waals surface area contributed by atoms with Crippen LogP contribution < -0.4 is 5.32 Å². The number of aromatic nitrogens is 2. The largest absolute Gasteiger partial charge is 0.392 e. The number of hydrogen-bond donors (Lipinski definition) is 1. The van der Waals surface area contributed by atoms with Gasteiger partial charge in [0.25, 0.3) is 0 Å². The van der Waals surface area contributed by atoms with Crippen LogP contribution in [-0.2, 0) is 7.05 Å². The number of alkyl halides is 3. The topological polar surface area (TPSA) is 29.9 Å². The number of halogens is 3. The zero-order valence-corrected chi connectivity index (χ0v) is 11.2. The lowest BCUT2D eigenvalue weighted by atomic mass is 9.73. The monoisotopic (exact) mass is 275 g/mol. The van der Waals surface area contributed by atoms with Gasteiger partial charge in [0, 0.05) is 24.8 Å². The van der Waals surface area contributed by atoms with Crippen molar-refractivity contribution in [3.8, 4) is 0 Å². The van der Waals surface area contributed by atoms with E-state index in [1.54, 1.807) is 31.2 Å². The standard InChI is InChI=1S/C13H20F3N3/c1-17-12(9-7-18-19(2)8-9)10-5-3-4-6-11(10)13(14,15)16/h7-8,10-12,17H,3-6H2,1-2H3. The highest BCUT2D eigenvalue weighted by atomic mass is 19.4.